The molecule has 0 aromatic heterocycles. The van der Waals surface area contributed by atoms with Gasteiger partial charge in [0.15, 0.2) is 0 Å². The third-order valence-corrected chi connectivity index (χ3v) is 3.07. The average molecular weight is 200 g/mol. The number of nitrogens with two attached hydrogens (primary N) is 1. The van der Waals surface area contributed by atoms with Gasteiger partial charge >= 0.3 is 0 Å². The first-order chi connectivity index (χ1) is 6.59. The van der Waals surface area contributed by atoms with Crippen molar-refractivity contribution in [3.05, 3.63) is 0 Å². The van der Waals surface area contributed by atoms with E-state index in [4.69, 9.17) is 15.6 Å². The number of ether oxygens (including phenoxy) is 1. The summed E-state index contributed by atoms with van der Waals surface area (Å²) in [4.78, 5) is 2.32. The Morgan fingerprint density at radius 1 is 1.43 bits per heavy atom. The number of rotatable bonds is 3. The van der Waals surface area contributed by atoms with Crippen molar-refractivity contribution < 1.29 is 9.84 Å². The highest BCUT2D eigenvalue weighted by molar-refractivity contribution is 4.89. The van der Waals surface area contributed by atoms with Crippen LogP contribution in [0.2, 0.25) is 0 Å². The van der Waals surface area contributed by atoms with Crippen LogP contribution in [0, 0.1) is 0 Å². The second-order valence-corrected chi connectivity index (χ2v) is 4.96. The van der Waals surface area contributed by atoms with E-state index in [1.54, 1.807) is 0 Å². The molecule has 3 unspecified atom stereocenters. The van der Waals surface area contributed by atoms with Gasteiger partial charge in [-0.25, -0.2) is 0 Å². The van der Waals surface area contributed by atoms with E-state index in [1.165, 1.54) is 12.8 Å². The maximum atomic E-state index is 9.09. The Balaban J connectivity index is 1.88. The zero-order valence-electron chi connectivity index (χ0n) is 8.78. The minimum Gasteiger partial charge on any atom is -0.394 e. The van der Waals surface area contributed by atoms with Gasteiger partial charge < -0.3 is 15.6 Å². The van der Waals surface area contributed by atoms with Gasteiger partial charge in [-0.15, -0.1) is 0 Å². The fraction of sp³-hybridized carbons (Fsp3) is 1.00. The van der Waals surface area contributed by atoms with Gasteiger partial charge in [0, 0.05) is 25.2 Å². The lowest BCUT2D eigenvalue weighted by atomic mass is 10.0. The molecule has 3 atom stereocenters. The van der Waals surface area contributed by atoms with Crippen molar-refractivity contribution in [2.24, 2.45) is 5.73 Å². The molecule has 0 aromatic rings. The molecule has 14 heavy (non-hydrogen) atoms. The third kappa shape index (κ3) is 2.25. The minimum absolute atomic E-state index is 0.0414. The van der Waals surface area contributed by atoms with Gasteiger partial charge in [0.1, 0.15) is 0 Å². The van der Waals surface area contributed by atoms with E-state index in [1.807, 2.05) is 6.92 Å². The van der Waals surface area contributed by atoms with E-state index in [-0.39, 0.29) is 6.61 Å². The molecule has 2 aliphatic heterocycles. The summed E-state index contributed by atoms with van der Waals surface area (Å²) < 4.78 is 5.73. The fourth-order valence-electron chi connectivity index (χ4n) is 2.39. The average Bonchev–Trinajstić information content (AvgIpc) is 2.45. The Kier molecular flexibility index (Phi) is 2.79. The number of aliphatic hydroxyl groups excluding tert-OH is 1. The van der Waals surface area contributed by atoms with Gasteiger partial charge in [-0.1, -0.05) is 0 Å². The Morgan fingerprint density at radius 2 is 2.00 bits per heavy atom. The lowest BCUT2D eigenvalue weighted by molar-refractivity contribution is -0.0457. The highest BCUT2D eigenvalue weighted by Crippen LogP contribution is 2.26. The van der Waals surface area contributed by atoms with Crippen molar-refractivity contribution in [3.8, 4) is 0 Å². The number of hydrogen-bond acceptors (Lipinski definition) is 4. The SMILES string of the molecule is CC(N)(CO)CN1CC2CCC(C1)O2. The predicted octanol–water partition coefficient (Wildman–Crippen LogP) is -0.441. The topological polar surface area (TPSA) is 58.7 Å². The van der Waals surface area contributed by atoms with Crippen LogP contribution in [0.3, 0.4) is 0 Å². The van der Waals surface area contributed by atoms with Crippen molar-refractivity contribution in [1.29, 1.82) is 0 Å². The summed E-state index contributed by atoms with van der Waals surface area (Å²) in [7, 11) is 0. The van der Waals surface area contributed by atoms with Gasteiger partial charge in [-0.2, -0.15) is 0 Å². The molecular weight excluding hydrogens is 180 g/mol. The molecule has 2 rings (SSSR count). The summed E-state index contributed by atoms with van der Waals surface area (Å²) in [6.45, 7) is 4.65. The van der Waals surface area contributed by atoms with Crippen LogP contribution in [-0.4, -0.2) is 54.0 Å². The number of likely N-dealkylation sites (tertiary alicyclic amines) is 1. The third-order valence-electron chi connectivity index (χ3n) is 3.07. The number of aliphatic hydroxyl groups is 1. The lowest BCUT2D eigenvalue weighted by Crippen LogP contribution is -2.54. The molecule has 0 saturated carbocycles. The molecule has 0 aliphatic carbocycles. The van der Waals surface area contributed by atoms with Gasteiger partial charge in [-0.05, 0) is 19.8 Å². The molecule has 0 spiro atoms. The molecule has 4 heteroatoms. The van der Waals surface area contributed by atoms with E-state index in [0.29, 0.717) is 12.2 Å². The van der Waals surface area contributed by atoms with Gasteiger partial charge in [0.2, 0.25) is 0 Å². The second-order valence-electron chi connectivity index (χ2n) is 4.96. The van der Waals surface area contributed by atoms with Crippen molar-refractivity contribution in [3.63, 3.8) is 0 Å². The number of nitrogens with zero attached hydrogens (tertiary/aromatic N) is 1. The zero-order chi connectivity index (χ0) is 10.2. The summed E-state index contributed by atoms with van der Waals surface area (Å²) in [5.41, 5.74) is 5.45. The van der Waals surface area contributed by atoms with Gasteiger partial charge in [0.25, 0.3) is 0 Å². The molecule has 0 aromatic carbocycles. The predicted molar refractivity (Wildman–Crippen MR) is 54.0 cm³/mol. The quantitative estimate of drug-likeness (QED) is 0.648. The summed E-state index contributed by atoms with van der Waals surface area (Å²) in [6, 6.07) is 0. The first-order valence-electron chi connectivity index (χ1n) is 5.37. The maximum Gasteiger partial charge on any atom is 0.0707 e. The number of morpholine rings is 1. The lowest BCUT2D eigenvalue weighted by Gasteiger charge is -2.36. The van der Waals surface area contributed by atoms with E-state index in [0.717, 1.165) is 19.6 Å². The number of hydrogen-bond donors (Lipinski definition) is 2. The number of fused-ring (bicyclic) bond motifs is 2. The summed E-state index contributed by atoms with van der Waals surface area (Å²) >= 11 is 0. The van der Waals surface area contributed by atoms with Crippen LogP contribution in [0.1, 0.15) is 19.8 Å². The van der Waals surface area contributed by atoms with Crippen LogP contribution < -0.4 is 5.73 Å². The van der Waals surface area contributed by atoms with Crippen LogP contribution in [0.4, 0.5) is 0 Å². The Bertz CT molecular complexity index is 196. The van der Waals surface area contributed by atoms with Crippen molar-refractivity contribution >= 4 is 0 Å². The summed E-state index contributed by atoms with van der Waals surface area (Å²) in [5, 5.41) is 9.09. The van der Waals surface area contributed by atoms with Crippen LogP contribution in [0.15, 0.2) is 0 Å². The maximum absolute atomic E-state index is 9.09. The van der Waals surface area contributed by atoms with E-state index < -0.39 is 5.54 Å². The Morgan fingerprint density at radius 3 is 2.50 bits per heavy atom. The molecule has 2 bridgehead atoms. The largest absolute Gasteiger partial charge is 0.394 e. The van der Waals surface area contributed by atoms with Gasteiger partial charge in [0.05, 0.1) is 18.8 Å². The molecule has 2 saturated heterocycles. The van der Waals surface area contributed by atoms with Crippen molar-refractivity contribution in [2.45, 2.75) is 37.5 Å². The van der Waals surface area contributed by atoms with E-state index >= 15 is 0 Å². The van der Waals surface area contributed by atoms with Crippen LogP contribution >= 0.6 is 0 Å². The van der Waals surface area contributed by atoms with E-state index in [9.17, 15) is 0 Å². The molecule has 2 fully saturated rings. The van der Waals surface area contributed by atoms with Crippen molar-refractivity contribution in [2.75, 3.05) is 26.2 Å². The first kappa shape index (κ1) is 10.4. The summed E-state index contributed by atoms with van der Waals surface area (Å²) in [6.07, 6.45) is 3.18. The second kappa shape index (κ2) is 3.77. The van der Waals surface area contributed by atoms with Crippen LogP contribution in [-0.2, 0) is 4.74 Å². The van der Waals surface area contributed by atoms with E-state index in [2.05, 4.69) is 4.90 Å². The minimum atomic E-state index is -0.475. The molecule has 82 valence electrons. The molecule has 4 nitrogen and oxygen atoms in total. The van der Waals surface area contributed by atoms with Crippen LogP contribution in [0.5, 0.6) is 0 Å². The van der Waals surface area contributed by atoms with Crippen molar-refractivity contribution in [1.82, 2.24) is 4.90 Å². The summed E-state index contributed by atoms with van der Waals surface area (Å²) in [5.74, 6) is 0. The Labute approximate surface area is 85.0 Å². The molecular formula is C10H20N2O2. The first-order valence-corrected chi connectivity index (χ1v) is 5.37. The highest BCUT2D eigenvalue weighted by Gasteiger charge is 2.35. The fourth-order valence-corrected chi connectivity index (χ4v) is 2.39. The Hall–Kier alpha value is -0.160. The smallest absolute Gasteiger partial charge is 0.0707 e. The van der Waals surface area contributed by atoms with Gasteiger partial charge in [-0.3, -0.25) is 4.90 Å². The highest BCUT2D eigenvalue weighted by atomic mass is 16.5. The molecule has 2 heterocycles. The standard InChI is InChI=1S/C10H20N2O2/c1-10(11,7-13)6-12-4-8-2-3-9(5-12)14-8/h8-9,13H,2-7,11H2,1H3. The zero-order valence-corrected chi connectivity index (χ0v) is 8.78. The normalized spacial score (nSPS) is 37.1. The monoisotopic (exact) mass is 200 g/mol. The molecule has 2 aliphatic rings. The molecule has 0 radical (unpaired) electrons. The molecule has 0 amide bonds. The van der Waals surface area contributed by atoms with Crippen LogP contribution in [0.25, 0.3) is 0 Å². The molecule has 3 N–H and O–H groups in total.